The number of nitriles is 1. The fraction of sp³-hybridized carbons (Fsp3) is 0.667. The molecule has 0 saturated heterocycles. The van der Waals surface area contributed by atoms with Gasteiger partial charge in [-0.25, -0.2) is 8.78 Å². The molecule has 0 atom stereocenters. The average molecular weight is 414 g/mol. The van der Waals surface area contributed by atoms with Gasteiger partial charge in [0.05, 0.1) is 0 Å². The first-order valence-corrected chi connectivity index (χ1v) is 12.1. The predicted molar refractivity (Wildman–Crippen MR) is 119 cm³/mol. The van der Waals surface area contributed by atoms with E-state index in [0.717, 1.165) is 30.6 Å². The molecule has 1 nitrogen and oxygen atoms in total. The van der Waals surface area contributed by atoms with Crippen molar-refractivity contribution < 1.29 is 8.78 Å². The van der Waals surface area contributed by atoms with Crippen LogP contribution in [0.5, 0.6) is 0 Å². The Hall–Kier alpha value is -1.69. The number of halogens is 2. The SMILES string of the molecule is CC/C=C/CCC1CCC(C2CCC(CCc3cc(F)c(C#N)c(F)c3)CC2)CC1. The van der Waals surface area contributed by atoms with Gasteiger partial charge in [-0.05, 0) is 99.2 Å². The Bertz CT molecular complexity index is 709. The van der Waals surface area contributed by atoms with Crippen molar-refractivity contribution in [2.24, 2.45) is 23.7 Å². The minimum Gasteiger partial charge on any atom is -0.205 e. The lowest BCUT2D eigenvalue weighted by Gasteiger charge is -2.38. The Kier molecular flexibility index (Phi) is 8.91. The molecule has 30 heavy (non-hydrogen) atoms. The number of hydrogen-bond donors (Lipinski definition) is 0. The van der Waals surface area contributed by atoms with Crippen LogP contribution in [0.25, 0.3) is 0 Å². The molecule has 2 aliphatic rings. The van der Waals surface area contributed by atoms with Crippen LogP contribution >= 0.6 is 0 Å². The fourth-order valence-electron chi connectivity index (χ4n) is 5.76. The molecule has 0 N–H and O–H groups in total. The van der Waals surface area contributed by atoms with Crippen molar-refractivity contribution in [2.75, 3.05) is 0 Å². The van der Waals surface area contributed by atoms with E-state index >= 15 is 0 Å². The maximum atomic E-state index is 13.8. The summed E-state index contributed by atoms with van der Waals surface area (Å²) in [6.07, 6.45) is 21.0. The third kappa shape index (κ3) is 6.40. The van der Waals surface area contributed by atoms with Crippen molar-refractivity contribution in [3.8, 4) is 6.07 Å². The van der Waals surface area contributed by atoms with Gasteiger partial charge in [0.2, 0.25) is 0 Å². The maximum absolute atomic E-state index is 13.8. The second kappa shape index (κ2) is 11.6. The third-order valence-electron chi connectivity index (χ3n) is 7.65. The summed E-state index contributed by atoms with van der Waals surface area (Å²) in [7, 11) is 0. The quantitative estimate of drug-likeness (QED) is 0.395. The molecule has 3 rings (SSSR count). The van der Waals surface area contributed by atoms with Crippen molar-refractivity contribution in [3.05, 3.63) is 47.0 Å². The summed E-state index contributed by atoms with van der Waals surface area (Å²) in [5.74, 6) is 1.97. The van der Waals surface area contributed by atoms with Crippen molar-refractivity contribution in [1.29, 1.82) is 5.26 Å². The average Bonchev–Trinajstić information content (AvgIpc) is 2.76. The van der Waals surface area contributed by atoms with Crippen LogP contribution in [-0.2, 0) is 6.42 Å². The van der Waals surface area contributed by atoms with Gasteiger partial charge in [-0.1, -0.05) is 44.8 Å². The molecule has 0 aromatic heterocycles. The molecule has 0 unspecified atom stereocenters. The zero-order chi connectivity index (χ0) is 21.3. The van der Waals surface area contributed by atoms with Gasteiger partial charge in [0.25, 0.3) is 0 Å². The second-order valence-electron chi connectivity index (χ2n) is 9.60. The van der Waals surface area contributed by atoms with Crippen LogP contribution in [0.15, 0.2) is 24.3 Å². The normalized spacial score (nSPS) is 27.3. The Morgan fingerprint density at radius 3 is 1.90 bits per heavy atom. The highest BCUT2D eigenvalue weighted by Crippen LogP contribution is 2.43. The van der Waals surface area contributed by atoms with E-state index in [-0.39, 0.29) is 0 Å². The minimum atomic E-state index is -0.729. The van der Waals surface area contributed by atoms with E-state index in [1.807, 2.05) is 0 Å². The molecule has 2 fully saturated rings. The van der Waals surface area contributed by atoms with E-state index < -0.39 is 17.2 Å². The van der Waals surface area contributed by atoms with Crippen LogP contribution in [-0.4, -0.2) is 0 Å². The van der Waals surface area contributed by atoms with E-state index in [0.29, 0.717) is 17.9 Å². The van der Waals surface area contributed by atoms with E-state index in [2.05, 4.69) is 19.1 Å². The van der Waals surface area contributed by atoms with Crippen LogP contribution in [0.2, 0.25) is 0 Å². The molecule has 0 bridgehead atoms. The molecule has 3 heteroatoms. The lowest BCUT2D eigenvalue weighted by Crippen LogP contribution is -2.26. The molecular weight excluding hydrogens is 376 g/mol. The Balaban J connectivity index is 1.37. The lowest BCUT2D eigenvalue weighted by molar-refractivity contribution is 0.141. The fourth-order valence-corrected chi connectivity index (χ4v) is 5.76. The van der Waals surface area contributed by atoms with Crippen molar-refractivity contribution in [2.45, 2.75) is 90.4 Å². The summed E-state index contributed by atoms with van der Waals surface area (Å²) in [6, 6.07) is 4.27. The van der Waals surface area contributed by atoms with E-state index in [9.17, 15) is 8.78 Å². The van der Waals surface area contributed by atoms with Gasteiger partial charge in [0, 0.05) is 0 Å². The standard InChI is InChI=1S/C27H37F2N/c1-2-3-4-5-6-20-9-13-23(14-10-20)24-15-11-21(12-16-24)7-8-22-17-26(28)25(19-30)27(29)18-22/h3-4,17-18,20-21,23-24H,2,5-16H2,1H3/b4-3+. The molecule has 1 aromatic carbocycles. The largest absolute Gasteiger partial charge is 0.205 e. The first-order valence-electron chi connectivity index (χ1n) is 12.1. The topological polar surface area (TPSA) is 23.8 Å². The summed E-state index contributed by atoms with van der Waals surface area (Å²) in [4.78, 5) is 0. The summed E-state index contributed by atoms with van der Waals surface area (Å²) < 4.78 is 27.6. The third-order valence-corrected chi connectivity index (χ3v) is 7.65. The number of aryl methyl sites for hydroxylation is 1. The van der Waals surface area contributed by atoms with Crippen molar-refractivity contribution >= 4 is 0 Å². The minimum absolute atomic E-state index is 0.466. The second-order valence-corrected chi connectivity index (χ2v) is 9.60. The van der Waals surface area contributed by atoms with Gasteiger partial charge >= 0.3 is 0 Å². The van der Waals surface area contributed by atoms with Gasteiger partial charge in [-0.3, -0.25) is 0 Å². The van der Waals surface area contributed by atoms with E-state index in [1.54, 1.807) is 6.07 Å². The number of allylic oxidation sites excluding steroid dienone is 2. The number of nitrogens with zero attached hydrogens (tertiary/aromatic N) is 1. The molecule has 0 heterocycles. The van der Waals surface area contributed by atoms with Crippen LogP contribution in [0, 0.1) is 46.6 Å². The maximum Gasteiger partial charge on any atom is 0.144 e. The van der Waals surface area contributed by atoms with Crippen LogP contribution in [0.4, 0.5) is 8.78 Å². The molecule has 0 amide bonds. The zero-order valence-electron chi connectivity index (χ0n) is 18.5. The van der Waals surface area contributed by atoms with Gasteiger partial charge in [-0.15, -0.1) is 0 Å². The highest BCUT2D eigenvalue weighted by atomic mass is 19.1. The number of rotatable bonds is 8. The molecule has 1 aromatic rings. The molecule has 0 aliphatic heterocycles. The Labute approximate surface area is 181 Å². The predicted octanol–water partition coefficient (Wildman–Crippen LogP) is 8.13. The molecule has 0 radical (unpaired) electrons. The monoisotopic (exact) mass is 413 g/mol. The van der Waals surface area contributed by atoms with Crippen molar-refractivity contribution in [1.82, 2.24) is 0 Å². The van der Waals surface area contributed by atoms with Gasteiger partial charge in [0.1, 0.15) is 23.3 Å². The smallest absolute Gasteiger partial charge is 0.144 e. The Morgan fingerprint density at radius 1 is 0.867 bits per heavy atom. The number of hydrogen-bond acceptors (Lipinski definition) is 1. The molecular formula is C27H37F2N. The highest BCUT2D eigenvalue weighted by molar-refractivity contribution is 5.35. The molecule has 164 valence electrons. The zero-order valence-corrected chi connectivity index (χ0v) is 18.5. The van der Waals surface area contributed by atoms with Gasteiger partial charge < -0.3 is 0 Å². The Morgan fingerprint density at radius 2 is 1.40 bits per heavy atom. The summed E-state index contributed by atoms with van der Waals surface area (Å²) in [6.45, 7) is 2.20. The number of benzene rings is 1. The van der Waals surface area contributed by atoms with E-state index in [1.165, 1.54) is 76.3 Å². The van der Waals surface area contributed by atoms with Crippen LogP contribution in [0.1, 0.15) is 95.1 Å². The summed E-state index contributed by atoms with van der Waals surface area (Å²) in [5.41, 5.74) is 0.213. The van der Waals surface area contributed by atoms with Crippen LogP contribution < -0.4 is 0 Å². The first kappa shape index (κ1) is 23.0. The summed E-state index contributed by atoms with van der Waals surface area (Å²) in [5, 5.41) is 8.80. The first-order chi connectivity index (χ1) is 14.6. The van der Waals surface area contributed by atoms with Crippen LogP contribution in [0.3, 0.4) is 0 Å². The van der Waals surface area contributed by atoms with Crippen molar-refractivity contribution in [3.63, 3.8) is 0 Å². The van der Waals surface area contributed by atoms with E-state index in [4.69, 9.17) is 5.26 Å². The molecule has 2 aliphatic carbocycles. The highest BCUT2D eigenvalue weighted by Gasteiger charge is 2.30. The molecule has 0 spiro atoms. The molecule has 2 saturated carbocycles. The summed E-state index contributed by atoms with van der Waals surface area (Å²) >= 11 is 0. The van der Waals surface area contributed by atoms with Gasteiger partial charge in [-0.2, -0.15) is 5.26 Å². The lowest BCUT2D eigenvalue weighted by atomic mass is 9.68. The van der Waals surface area contributed by atoms with Gasteiger partial charge in [0.15, 0.2) is 0 Å².